The Morgan fingerprint density at radius 2 is 1.66 bits per heavy atom. The highest BCUT2D eigenvalue weighted by atomic mass is 32.2. The summed E-state index contributed by atoms with van der Waals surface area (Å²) < 4.78 is 59.1. The Bertz CT molecular complexity index is 1170. The molecule has 1 N–H and O–H groups in total. The second-order valence-corrected chi connectivity index (χ2v) is 8.86. The zero-order chi connectivity index (χ0) is 23.1. The number of benzene rings is 3. The fourth-order valence-corrected chi connectivity index (χ4v) is 4.41. The molecule has 3 aromatic rings. The van der Waals surface area contributed by atoms with E-state index in [1.54, 1.807) is 0 Å². The lowest BCUT2D eigenvalue weighted by atomic mass is 10.1. The molecule has 0 atom stereocenters. The van der Waals surface area contributed by atoms with Crippen molar-refractivity contribution in [1.29, 1.82) is 0 Å². The molecule has 168 valence electrons. The van der Waals surface area contributed by atoms with Crippen LogP contribution < -0.4 is 10.1 Å². The predicted octanol–water partition coefficient (Wildman–Crippen LogP) is 3.85. The van der Waals surface area contributed by atoms with Gasteiger partial charge in [-0.15, -0.1) is 0 Å². The van der Waals surface area contributed by atoms with Gasteiger partial charge in [0.2, 0.25) is 15.9 Å². The van der Waals surface area contributed by atoms with Crippen LogP contribution in [0.2, 0.25) is 0 Å². The van der Waals surface area contributed by atoms with Gasteiger partial charge in [0.25, 0.3) is 0 Å². The van der Waals surface area contributed by atoms with Crippen LogP contribution in [-0.4, -0.2) is 38.8 Å². The molecule has 0 aliphatic heterocycles. The molecule has 0 aliphatic carbocycles. The van der Waals surface area contributed by atoms with Crippen molar-refractivity contribution in [1.82, 2.24) is 4.31 Å². The van der Waals surface area contributed by atoms with Crippen molar-refractivity contribution in [3.8, 4) is 5.75 Å². The summed E-state index contributed by atoms with van der Waals surface area (Å²) in [5.74, 6) is -2.35. The molecule has 0 saturated heterocycles. The fraction of sp³-hybridized carbons (Fsp3) is 0.174. The van der Waals surface area contributed by atoms with Gasteiger partial charge in [-0.2, -0.15) is 4.31 Å². The monoisotopic (exact) mass is 460 g/mol. The van der Waals surface area contributed by atoms with Gasteiger partial charge in [0.1, 0.15) is 5.75 Å². The maximum atomic E-state index is 13.4. The highest BCUT2D eigenvalue weighted by Gasteiger charge is 2.26. The maximum absolute atomic E-state index is 13.4. The molecule has 9 heteroatoms. The van der Waals surface area contributed by atoms with Crippen molar-refractivity contribution in [2.24, 2.45) is 0 Å². The van der Waals surface area contributed by atoms with E-state index < -0.39 is 34.1 Å². The van der Waals surface area contributed by atoms with Crippen LogP contribution in [0.25, 0.3) is 0 Å². The standard InChI is InChI=1S/C23H22F2N2O4S/c1-31-19-8-10-20(11-9-19)32(29,30)27(14-13-17-5-3-2-4-6-17)16-23(28)26-18-7-12-21(24)22(25)15-18/h2-12,15H,13-14,16H2,1H3,(H,26,28). The average Bonchev–Trinajstić information content (AvgIpc) is 2.79. The van der Waals surface area contributed by atoms with E-state index in [1.165, 1.54) is 37.4 Å². The number of carbonyl (C=O) groups excluding carboxylic acids is 1. The topological polar surface area (TPSA) is 75.7 Å². The second kappa shape index (κ2) is 10.3. The molecule has 0 aliphatic rings. The van der Waals surface area contributed by atoms with Crippen LogP contribution in [0.3, 0.4) is 0 Å². The number of carbonyl (C=O) groups is 1. The molecule has 1 amide bonds. The number of ether oxygens (including phenoxy) is 1. The number of hydrogen-bond acceptors (Lipinski definition) is 4. The van der Waals surface area contributed by atoms with Gasteiger partial charge in [0, 0.05) is 18.3 Å². The van der Waals surface area contributed by atoms with Gasteiger partial charge >= 0.3 is 0 Å². The summed E-state index contributed by atoms with van der Waals surface area (Å²) in [4.78, 5) is 12.6. The van der Waals surface area contributed by atoms with Crippen molar-refractivity contribution in [2.45, 2.75) is 11.3 Å². The third-order valence-corrected chi connectivity index (χ3v) is 6.57. The van der Waals surface area contributed by atoms with Crippen molar-refractivity contribution in [3.63, 3.8) is 0 Å². The highest BCUT2D eigenvalue weighted by Crippen LogP contribution is 2.20. The predicted molar refractivity (Wildman–Crippen MR) is 117 cm³/mol. The molecule has 0 radical (unpaired) electrons. The minimum Gasteiger partial charge on any atom is -0.497 e. The Hall–Kier alpha value is -3.30. The van der Waals surface area contributed by atoms with Gasteiger partial charge in [-0.1, -0.05) is 30.3 Å². The molecule has 0 fully saturated rings. The molecular weight excluding hydrogens is 438 g/mol. The number of amides is 1. The third-order valence-electron chi connectivity index (χ3n) is 4.71. The number of sulfonamides is 1. The fourth-order valence-electron chi connectivity index (χ4n) is 3.01. The lowest BCUT2D eigenvalue weighted by Crippen LogP contribution is -2.39. The van der Waals surface area contributed by atoms with Crippen LogP contribution in [0.1, 0.15) is 5.56 Å². The minimum atomic E-state index is -4.02. The molecule has 6 nitrogen and oxygen atoms in total. The normalized spacial score (nSPS) is 11.4. The van der Waals surface area contributed by atoms with Crippen molar-refractivity contribution in [3.05, 3.63) is 90.0 Å². The van der Waals surface area contributed by atoms with E-state index in [0.29, 0.717) is 12.2 Å². The molecule has 0 heterocycles. The smallest absolute Gasteiger partial charge is 0.243 e. The van der Waals surface area contributed by atoms with Crippen LogP contribution >= 0.6 is 0 Å². The first-order valence-electron chi connectivity index (χ1n) is 9.72. The van der Waals surface area contributed by atoms with E-state index in [0.717, 1.165) is 22.0 Å². The highest BCUT2D eigenvalue weighted by molar-refractivity contribution is 7.89. The molecule has 0 unspecified atom stereocenters. The first kappa shape index (κ1) is 23.4. The second-order valence-electron chi connectivity index (χ2n) is 6.93. The first-order valence-corrected chi connectivity index (χ1v) is 11.2. The Labute approximate surface area is 185 Å². The molecule has 0 aromatic heterocycles. The zero-order valence-electron chi connectivity index (χ0n) is 17.3. The lowest BCUT2D eigenvalue weighted by Gasteiger charge is -2.22. The maximum Gasteiger partial charge on any atom is 0.243 e. The van der Waals surface area contributed by atoms with E-state index in [2.05, 4.69) is 5.32 Å². The third kappa shape index (κ3) is 5.89. The molecule has 0 spiro atoms. The molecule has 0 saturated carbocycles. The van der Waals surface area contributed by atoms with Crippen molar-refractivity contribution < 1.29 is 26.7 Å². The molecular formula is C23H22F2N2O4S. The summed E-state index contributed by atoms with van der Waals surface area (Å²) >= 11 is 0. The van der Waals surface area contributed by atoms with Crippen molar-refractivity contribution in [2.75, 3.05) is 25.5 Å². The van der Waals surface area contributed by atoms with Crippen molar-refractivity contribution >= 4 is 21.6 Å². The Balaban J connectivity index is 1.81. The summed E-state index contributed by atoms with van der Waals surface area (Å²) in [6.07, 6.45) is 0.384. The Kier molecular flexibility index (Phi) is 7.55. The SMILES string of the molecule is COc1ccc(S(=O)(=O)N(CCc2ccccc2)CC(=O)Nc2ccc(F)c(F)c2)cc1. The van der Waals surface area contributed by atoms with E-state index in [1.807, 2.05) is 30.3 Å². The van der Waals surface area contributed by atoms with Crippen LogP contribution in [0, 0.1) is 11.6 Å². The summed E-state index contributed by atoms with van der Waals surface area (Å²) in [5, 5.41) is 2.41. The summed E-state index contributed by atoms with van der Waals surface area (Å²) in [7, 11) is -2.55. The van der Waals surface area contributed by atoms with Crippen LogP contribution in [0.4, 0.5) is 14.5 Å². The average molecular weight is 461 g/mol. The quantitative estimate of drug-likeness (QED) is 0.526. The summed E-state index contributed by atoms with van der Waals surface area (Å²) in [6, 6.07) is 18.0. The van der Waals surface area contributed by atoms with Gasteiger partial charge < -0.3 is 10.1 Å². The first-order chi connectivity index (χ1) is 15.3. The number of nitrogens with zero attached hydrogens (tertiary/aromatic N) is 1. The van der Waals surface area contributed by atoms with Crippen LogP contribution in [0.5, 0.6) is 5.75 Å². The van der Waals surface area contributed by atoms with Crippen LogP contribution in [-0.2, 0) is 21.2 Å². The van der Waals surface area contributed by atoms with Gasteiger partial charge in [-0.25, -0.2) is 17.2 Å². The molecule has 32 heavy (non-hydrogen) atoms. The summed E-state index contributed by atoms with van der Waals surface area (Å²) in [6.45, 7) is -0.455. The lowest BCUT2D eigenvalue weighted by molar-refractivity contribution is -0.116. The van der Waals surface area contributed by atoms with E-state index in [4.69, 9.17) is 4.74 Å². The van der Waals surface area contributed by atoms with Gasteiger partial charge in [0.15, 0.2) is 11.6 Å². The number of hydrogen-bond donors (Lipinski definition) is 1. The Morgan fingerprint density at radius 1 is 0.969 bits per heavy atom. The van der Waals surface area contributed by atoms with E-state index in [9.17, 15) is 22.0 Å². The summed E-state index contributed by atoms with van der Waals surface area (Å²) in [5.41, 5.74) is 0.933. The molecule has 3 rings (SSSR count). The van der Waals surface area contributed by atoms with E-state index >= 15 is 0 Å². The number of halogens is 2. The Morgan fingerprint density at radius 3 is 2.28 bits per heavy atom. The van der Waals surface area contributed by atoms with Gasteiger partial charge in [0.05, 0.1) is 18.6 Å². The number of rotatable bonds is 9. The van der Waals surface area contributed by atoms with Gasteiger partial charge in [-0.3, -0.25) is 4.79 Å². The number of nitrogens with one attached hydrogen (secondary N) is 1. The molecule has 0 bridgehead atoms. The van der Waals surface area contributed by atoms with E-state index in [-0.39, 0.29) is 17.1 Å². The largest absolute Gasteiger partial charge is 0.497 e. The minimum absolute atomic E-state index is 0.00647. The van der Waals surface area contributed by atoms with Gasteiger partial charge in [-0.05, 0) is 48.4 Å². The van der Waals surface area contributed by atoms with Crippen LogP contribution in [0.15, 0.2) is 77.7 Å². The number of methoxy groups -OCH3 is 1. The number of anilines is 1. The molecule has 3 aromatic carbocycles. The zero-order valence-corrected chi connectivity index (χ0v) is 18.1.